The Morgan fingerprint density at radius 3 is 2.17 bits per heavy atom. The van der Waals surface area contributed by atoms with Crippen LogP contribution >= 0.6 is 0 Å². The standard InChI is InChI=1S/C24H24N2O3/c1-25-23(27)17-19-7-11-21(12-8-19)26-24(28)20-9-13-22(14-10-20)29-16-15-18-5-3-2-4-6-18/h2-14H,15-17H2,1H3,(H,25,27)(H,26,28). The summed E-state index contributed by atoms with van der Waals surface area (Å²) in [6.45, 7) is 0.581. The first-order valence-electron chi connectivity index (χ1n) is 9.52. The van der Waals surface area contributed by atoms with Crippen molar-refractivity contribution >= 4 is 17.5 Å². The second-order valence-electron chi connectivity index (χ2n) is 6.61. The predicted molar refractivity (Wildman–Crippen MR) is 114 cm³/mol. The van der Waals surface area contributed by atoms with Crippen LogP contribution < -0.4 is 15.4 Å². The van der Waals surface area contributed by atoms with Gasteiger partial charge in [0.05, 0.1) is 13.0 Å². The number of rotatable bonds is 8. The van der Waals surface area contributed by atoms with Crippen molar-refractivity contribution < 1.29 is 14.3 Å². The molecular formula is C24H24N2O3. The van der Waals surface area contributed by atoms with Crippen LogP contribution in [0, 0.1) is 0 Å². The van der Waals surface area contributed by atoms with E-state index in [-0.39, 0.29) is 11.8 Å². The van der Waals surface area contributed by atoms with Gasteiger partial charge >= 0.3 is 0 Å². The Kier molecular flexibility index (Phi) is 7.00. The lowest BCUT2D eigenvalue weighted by molar-refractivity contribution is -0.119. The smallest absolute Gasteiger partial charge is 0.255 e. The van der Waals surface area contributed by atoms with Crippen LogP contribution in [0.4, 0.5) is 5.69 Å². The minimum Gasteiger partial charge on any atom is -0.493 e. The summed E-state index contributed by atoms with van der Waals surface area (Å²) in [5, 5.41) is 5.44. The first-order valence-corrected chi connectivity index (χ1v) is 9.52. The number of carbonyl (C=O) groups excluding carboxylic acids is 2. The molecule has 2 amide bonds. The van der Waals surface area contributed by atoms with E-state index >= 15 is 0 Å². The Hall–Kier alpha value is -3.60. The van der Waals surface area contributed by atoms with Crippen molar-refractivity contribution in [3.63, 3.8) is 0 Å². The number of carbonyl (C=O) groups is 2. The van der Waals surface area contributed by atoms with Gasteiger partial charge in [-0.15, -0.1) is 0 Å². The zero-order valence-corrected chi connectivity index (χ0v) is 16.4. The number of likely N-dealkylation sites (N-methyl/N-ethyl adjacent to an activating group) is 1. The Labute approximate surface area is 170 Å². The van der Waals surface area contributed by atoms with Crippen LogP contribution in [0.25, 0.3) is 0 Å². The molecule has 0 saturated carbocycles. The van der Waals surface area contributed by atoms with Gasteiger partial charge in [-0.05, 0) is 47.5 Å². The molecule has 0 aliphatic rings. The monoisotopic (exact) mass is 388 g/mol. The number of hydrogen-bond acceptors (Lipinski definition) is 3. The molecule has 148 valence electrons. The minimum absolute atomic E-state index is 0.0483. The van der Waals surface area contributed by atoms with Crippen molar-refractivity contribution in [3.05, 3.63) is 95.6 Å². The Bertz CT molecular complexity index is 936. The molecular weight excluding hydrogens is 364 g/mol. The van der Waals surface area contributed by atoms with Crippen molar-refractivity contribution in [2.75, 3.05) is 19.0 Å². The quantitative estimate of drug-likeness (QED) is 0.616. The number of ether oxygens (including phenoxy) is 1. The Balaban J connectivity index is 1.50. The van der Waals surface area contributed by atoms with Gasteiger partial charge in [0.2, 0.25) is 5.91 Å². The summed E-state index contributed by atoms with van der Waals surface area (Å²) in [6, 6.07) is 24.5. The summed E-state index contributed by atoms with van der Waals surface area (Å²) in [7, 11) is 1.61. The highest BCUT2D eigenvalue weighted by atomic mass is 16.5. The van der Waals surface area contributed by atoms with E-state index < -0.39 is 0 Å². The van der Waals surface area contributed by atoms with Crippen LogP contribution in [0.5, 0.6) is 5.75 Å². The lowest BCUT2D eigenvalue weighted by Crippen LogP contribution is -2.19. The summed E-state index contributed by atoms with van der Waals surface area (Å²) in [6.07, 6.45) is 1.15. The zero-order chi connectivity index (χ0) is 20.5. The van der Waals surface area contributed by atoms with Gasteiger partial charge in [0.1, 0.15) is 5.75 Å². The van der Waals surface area contributed by atoms with Gasteiger partial charge in [0, 0.05) is 24.7 Å². The van der Waals surface area contributed by atoms with E-state index in [0.717, 1.165) is 17.7 Å². The van der Waals surface area contributed by atoms with E-state index in [0.29, 0.717) is 24.3 Å². The average molecular weight is 388 g/mol. The van der Waals surface area contributed by atoms with Gasteiger partial charge in [-0.3, -0.25) is 9.59 Å². The lowest BCUT2D eigenvalue weighted by Gasteiger charge is -2.09. The first-order chi connectivity index (χ1) is 14.1. The van der Waals surface area contributed by atoms with Gasteiger partial charge < -0.3 is 15.4 Å². The molecule has 3 rings (SSSR count). The maximum atomic E-state index is 12.4. The fraction of sp³-hybridized carbons (Fsp3) is 0.167. The third-order valence-electron chi connectivity index (χ3n) is 4.47. The molecule has 0 aliphatic heterocycles. The number of hydrogen-bond donors (Lipinski definition) is 2. The maximum absolute atomic E-state index is 12.4. The zero-order valence-electron chi connectivity index (χ0n) is 16.4. The van der Waals surface area contributed by atoms with Crippen molar-refractivity contribution in [2.45, 2.75) is 12.8 Å². The second kappa shape index (κ2) is 10.1. The topological polar surface area (TPSA) is 67.4 Å². The molecule has 0 radical (unpaired) electrons. The predicted octanol–water partition coefficient (Wildman–Crippen LogP) is 3.85. The molecule has 3 aromatic carbocycles. The molecule has 29 heavy (non-hydrogen) atoms. The molecule has 0 aromatic heterocycles. The highest BCUT2D eigenvalue weighted by Gasteiger charge is 2.07. The Morgan fingerprint density at radius 2 is 1.52 bits per heavy atom. The van der Waals surface area contributed by atoms with E-state index in [4.69, 9.17) is 4.74 Å². The molecule has 0 aliphatic carbocycles. The summed E-state index contributed by atoms with van der Waals surface area (Å²) in [5.74, 6) is 0.490. The van der Waals surface area contributed by atoms with Crippen molar-refractivity contribution in [1.82, 2.24) is 5.32 Å². The highest BCUT2D eigenvalue weighted by molar-refractivity contribution is 6.04. The molecule has 0 atom stereocenters. The highest BCUT2D eigenvalue weighted by Crippen LogP contribution is 2.16. The molecule has 0 fully saturated rings. The molecule has 5 heteroatoms. The molecule has 0 spiro atoms. The van der Waals surface area contributed by atoms with Gasteiger partial charge in [0.25, 0.3) is 5.91 Å². The summed E-state index contributed by atoms with van der Waals surface area (Å²) < 4.78 is 5.75. The van der Waals surface area contributed by atoms with Crippen LogP contribution in [0.15, 0.2) is 78.9 Å². The van der Waals surface area contributed by atoms with E-state index in [1.807, 2.05) is 30.3 Å². The maximum Gasteiger partial charge on any atom is 0.255 e. The third kappa shape index (κ3) is 6.21. The third-order valence-corrected chi connectivity index (χ3v) is 4.47. The van der Waals surface area contributed by atoms with Crippen molar-refractivity contribution in [2.24, 2.45) is 0 Å². The van der Waals surface area contributed by atoms with Crippen molar-refractivity contribution in [1.29, 1.82) is 0 Å². The molecule has 2 N–H and O–H groups in total. The van der Waals surface area contributed by atoms with Crippen LogP contribution in [0.1, 0.15) is 21.5 Å². The van der Waals surface area contributed by atoms with Crippen LogP contribution in [-0.4, -0.2) is 25.5 Å². The molecule has 5 nitrogen and oxygen atoms in total. The largest absolute Gasteiger partial charge is 0.493 e. The van der Waals surface area contributed by atoms with Crippen LogP contribution in [-0.2, 0) is 17.6 Å². The number of amides is 2. The van der Waals surface area contributed by atoms with Crippen molar-refractivity contribution in [3.8, 4) is 5.75 Å². The normalized spacial score (nSPS) is 10.2. The first kappa shape index (κ1) is 20.1. The fourth-order valence-corrected chi connectivity index (χ4v) is 2.82. The molecule has 0 bridgehead atoms. The van der Waals surface area contributed by atoms with E-state index in [9.17, 15) is 9.59 Å². The fourth-order valence-electron chi connectivity index (χ4n) is 2.82. The molecule has 0 saturated heterocycles. The number of nitrogens with one attached hydrogen (secondary N) is 2. The van der Waals surface area contributed by atoms with Gasteiger partial charge in [-0.2, -0.15) is 0 Å². The molecule has 0 heterocycles. The lowest BCUT2D eigenvalue weighted by atomic mass is 10.1. The summed E-state index contributed by atoms with van der Waals surface area (Å²) >= 11 is 0. The van der Waals surface area contributed by atoms with E-state index in [2.05, 4.69) is 22.8 Å². The summed E-state index contributed by atoms with van der Waals surface area (Å²) in [5.41, 5.74) is 3.35. The van der Waals surface area contributed by atoms with E-state index in [1.54, 1.807) is 43.4 Å². The van der Waals surface area contributed by atoms with Gasteiger partial charge in [-0.1, -0.05) is 42.5 Å². The van der Waals surface area contributed by atoms with Crippen LogP contribution in [0.2, 0.25) is 0 Å². The second-order valence-corrected chi connectivity index (χ2v) is 6.61. The summed E-state index contributed by atoms with van der Waals surface area (Å²) in [4.78, 5) is 23.8. The average Bonchev–Trinajstić information content (AvgIpc) is 2.76. The molecule has 0 unspecified atom stereocenters. The van der Waals surface area contributed by atoms with Gasteiger partial charge in [-0.25, -0.2) is 0 Å². The van der Waals surface area contributed by atoms with E-state index in [1.165, 1.54) is 5.56 Å². The number of benzene rings is 3. The Morgan fingerprint density at radius 1 is 0.828 bits per heavy atom. The minimum atomic E-state index is -0.195. The molecule has 3 aromatic rings. The SMILES string of the molecule is CNC(=O)Cc1ccc(NC(=O)c2ccc(OCCc3ccccc3)cc2)cc1. The van der Waals surface area contributed by atoms with Crippen LogP contribution in [0.3, 0.4) is 0 Å². The van der Waals surface area contributed by atoms with Gasteiger partial charge in [0.15, 0.2) is 0 Å². The number of anilines is 1.